The predicted octanol–water partition coefficient (Wildman–Crippen LogP) is 2.50. The summed E-state index contributed by atoms with van der Waals surface area (Å²) in [6.07, 6.45) is 4.63. The zero-order valence-corrected chi connectivity index (χ0v) is 10.2. The molecule has 0 aliphatic heterocycles. The van der Waals surface area contributed by atoms with Crippen LogP contribution in [0.2, 0.25) is 0 Å². The number of aromatic nitrogens is 2. The topological polar surface area (TPSA) is 88.9 Å². The van der Waals surface area contributed by atoms with Crippen molar-refractivity contribution in [3.05, 3.63) is 69.4 Å². The van der Waals surface area contributed by atoms with Gasteiger partial charge >= 0.3 is 0 Å². The molecule has 0 saturated carbocycles. The van der Waals surface area contributed by atoms with Crippen LogP contribution in [0.4, 0.5) is 5.69 Å². The van der Waals surface area contributed by atoms with Gasteiger partial charge in [-0.05, 0) is 17.0 Å². The number of aromatic amines is 1. The highest BCUT2D eigenvalue weighted by Gasteiger charge is 2.10. The van der Waals surface area contributed by atoms with Gasteiger partial charge < -0.3 is 4.98 Å². The van der Waals surface area contributed by atoms with Crippen molar-refractivity contribution in [2.75, 3.05) is 0 Å². The fourth-order valence-electron chi connectivity index (χ4n) is 2.13. The summed E-state index contributed by atoms with van der Waals surface area (Å²) in [6.45, 7) is 0. The molecule has 6 nitrogen and oxygen atoms in total. The van der Waals surface area contributed by atoms with E-state index < -0.39 is 4.92 Å². The van der Waals surface area contributed by atoms with Crippen LogP contribution < -0.4 is 5.56 Å². The third-order valence-corrected chi connectivity index (χ3v) is 3.07. The van der Waals surface area contributed by atoms with Gasteiger partial charge in [-0.3, -0.25) is 19.9 Å². The van der Waals surface area contributed by atoms with Gasteiger partial charge in [-0.2, -0.15) is 0 Å². The van der Waals surface area contributed by atoms with E-state index in [0.29, 0.717) is 16.3 Å². The average molecular weight is 267 g/mol. The van der Waals surface area contributed by atoms with Crippen molar-refractivity contribution in [2.24, 2.45) is 0 Å². The Balaban J connectivity index is 2.30. The number of nitro groups is 1. The van der Waals surface area contributed by atoms with E-state index in [4.69, 9.17) is 0 Å². The Bertz CT molecular complexity index is 871. The minimum Gasteiger partial charge on any atom is -0.328 e. The van der Waals surface area contributed by atoms with Crippen LogP contribution in [-0.4, -0.2) is 14.9 Å². The fraction of sp³-hybridized carbons (Fsp3) is 0. The first-order chi connectivity index (χ1) is 9.66. The molecule has 20 heavy (non-hydrogen) atoms. The van der Waals surface area contributed by atoms with Gasteiger partial charge in [0.15, 0.2) is 0 Å². The van der Waals surface area contributed by atoms with E-state index in [1.165, 1.54) is 18.3 Å². The van der Waals surface area contributed by atoms with Gasteiger partial charge in [-0.25, -0.2) is 0 Å². The zero-order valence-electron chi connectivity index (χ0n) is 10.2. The Hall–Kier alpha value is -3.02. The molecule has 0 radical (unpaired) electrons. The first-order valence-corrected chi connectivity index (χ1v) is 5.87. The van der Waals surface area contributed by atoms with Gasteiger partial charge in [-0.1, -0.05) is 12.1 Å². The van der Waals surface area contributed by atoms with Crippen LogP contribution in [-0.2, 0) is 0 Å². The third-order valence-electron chi connectivity index (χ3n) is 3.07. The summed E-state index contributed by atoms with van der Waals surface area (Å²) in [5.41, 5.74) is 1.18. The average Bonchev–Trinajstić information content (AvgIpc) is 2.48. The van der Waals surface area contributed by atoms with Crippen molar-refractivity contribution in [3.63, 3.8) is 0 Å². The second-order valence-electron chi connectivity index (χ2n) is 4.26. The van der Waals surface area contributed by atoms with Crippen LogP contribution in [0.1, 0.15) is 0 Å². The summed E-state index contributed by atoms with van der Waals surface area (Å²) in [7, 11) is 0. The van der Waals surface area contributed by atoms with Crippen LogP contribution in [0, 0.1) is 10.1 Å². The molecule has 0 aliphatic carbocycles. The van der Waals surface area contributed by atoms with Gasteiger partial charge in [0.05, 0.1) is 10.3 Å². The van der Waals surface area contributed by atoms with Gasteiger partial charge in [0.25, 0.3) is 11.2 Å². The summed E-state index contributed by atoms with van der Waals surface area (Å²) < 4.78 is 0. The number of hydrogen-bond donors (Lipinski definition) is 1. The number of non-ortho nitro benzene ring substituents is 1. The Labute approximate surface area is 112 Å². The normalized spacial score (nSPS) is 10.6. The molecule has 2 aromatic heterocycles. The SMILES string of the molecule is O=c1[nH]cc(-c2cccc([N+](=O)[O-])c2)c2ccncc12. The Morgan fingerprint density at radius 2 is 2.05 bits per heavy atom. The number of hydrogen-bond acceptors (Lipinski definition) is 4. The van der Waals surface area contributed by atoms with Crippen LogP contribution >= 0.6 is 0 Å². The van der Waals surface area contributed by atoms with Crippen molar-refractivity contribution in [3.8, 4) is 11.1 Å². The van der Waals surface area contributed by atoms with E-state index in [1.807, 2.05) is 0 Å². The van der Waals surface area contributed by atoms with E-state index in [2.05, 4.69) is 9.97 Å². The van der Waals surface area contributed by atoms with E-state index in [9.17, 15) is 14.9 Å². The molecule has 0 aliphatic rings. The monoisotopic (exact) mass is 267 g/mol. The van der Waals surface area contributed by atoms with E-state index in [-0.39, 0.29) is 11.2 Å². The van der Waals surface area contributed by atoms with E-state index in [1.54, 1.807) is 30.6 Å². The molecular formula is C14H9N3O3. The second-order valence-corrected chi connectivity index (χ2v) is 4.26. The number of benzene rings is 1. The Kier molecular flexibility index (Phi) is 2.76. The van der Waals surface area contributed by atoms with Crippen LogP contribution in [0.5, 0.6) is 0 Å². The molecule has 3 aromatic rings. The molecule has 0 fully saturated rings. The van der Waals surface area contributed by atoms with Crippen molar-refractivity contribution in [1.29, 1.82) is 0 Å². The largest absolute Gasteiger partial charge is 0.328 e. The van der Waals surface area contributed by atoms with Crippen LogP contribution in [0.3, 0.4) is 0 Å². The van der Waals surface area contributed by atoms with Crippen molar-refractivity contribution in [2.45, 2.75) is 0 Å². The fourth-order valence-corrected chi connectivity index (χ4v) is 2.13. The first kappa shape index (κ1) is 12.0. The molecule has 1 aromatic carbocycles. The zero-order chi connectivity index (χ0) is 14.1. The molecule has 0 bridgehead atoms. The molecule has 0 unspecified atom stereocenters. The highest BCUT2D eigenvalue weighted by atomic mass is 16.6. The standard InChI is InChI=1S/C14H9N3O3/c18-14-13-7-15-5-4-11(13)12(8-16-14)9-2-1-3-10(6-9)17(19)20/h1-8H,(H,16,18). The number of fused-ring (bicyclic) bond motifs is 1. The summed E-state index contributed by atoms with van der Waals surface area (Å²) in [5, 5.41) is 12.0. The Morgan fingerprint density at radius 1 is 1.20 bits per heavy atom. The Morgan fingerprint density at radius 3 is 2.85 bits per heavy atom. The highest BCUT2D eigenvalue weighted by molar-refractivity contribution is 5.95. The lowest BCUT2D eigenvalue weighted by molar-refractivity contribution is -0.384. The molecule has 3 rings (SSSR count). The minimum absolute atomic E-state index is 0.0101. The molecule has 0 amide bonds. The van der Waals surface area contributed by atoms with E-state index in [0.717, 1.165) is 5.56 Å². The lowest BCUT2D eigenvalue weighted by atomic mass is 10.0. The summed E-state index contributed by atoms with van der Waals surface area (Å²) in [6, 6.07) is 8.01. The maximum atomic E-state index is 11.7. The van der Waals surface area contributed by atoms with E-state index >= 15 is 0 Å². The van der Waals surface area contributed by atoms with Gasteiger partial charge in [0.1, 0.15) is 0 Å². The molecule has 0 saturated heterocycles. The third kappa shape index (κ3) is 1.93. The number of H-pyrrole nitrogens is 1. The number of nitrogens with zero attached hydrogens (tertiary/aromatic N) is 2. The van der Waals surface area contributed by atoms with Crippen molar-refractivity contribution >= 4 is 16.5 Å². The molecule has 0 atom stereocenters. The second kappa shape index (κ2) is 4.58. The lowest BCUT2D eigenvalue weighted by Crippen LogP contribution is -2.06. The van der Waals surface area contributed by atoms with Crippen molar-refractivity contribution in [1.82, 2.24) is 9.97 Å². The van der Waals surface area contributed by atoms with Gasteiger partial charge in [-0.15, -0.1) is 0 Å². The molecule has 98 valence electrons. The maximum absolute atomic E-state index is 11.7. The number of nitrogens with one attached hydrogen (secondary N) is 1. The summed E-state index contributed by atoms with van der Waals surface area (Å²) in [5.74, 6) is 0. The maximum Gasteiger partial charge on any atom is 0.270 e. The number of rotatable bonds is 2. The van der Waals surface area contributed by atoms with Crippen LogP contribution in [0.15, 0.2) is 53.7 Å². The number of nitro benzene ring substituents is 1. The molecule has 2 heterocycles. The summed E-state index contributed by atoms with van der Waals surface area (Å²) in [4.78, 5) is 28.7. The van der Waals surface area contributed by atoms with Gasteiger partial charge in [0, 0.05) is 36.3 Å². The van der Waals surface area contributed by atoms with Crippen LogP contribution in [0.25, 0.3) is 21.9 Å². The highest BCUT2D eigenvalue weighted by Crippen LogP contribution is 2.28. The first-order valence-electron chi connectivity index (χ1n) is 5.87. The van der Waals surface area contributed by atoms with Crippen molar-refractivity contribution < 1.29 is 4.92 Å². The summed E-state index contributed by atoms with van der Waals surface area (Å²) >= 11 is 0. The smallest absolute Gasteiger partial charge is 0.270 e. The minimum atomic E-state index is -0.446. The molecule has 0 spiro atoms. The quantitative estimate of drug-likeness (QED) is 0.570. The van der Waals surface area contributed by atoms with Gasteiger partial charge in [0.2, 0.25) is 0 Å². The molecular weight excluding hydrogens is 258 g/mol. The molecule has 1 N–H and O–H groups in total. The predicted molar refractivity (Wildman–Crippen MR) is 74.5 cm³/mol. The molecule has 6 heteroatoms. The lowest BCUT2D eigenvalue weighted by Gasteiger charge is -2.05. The number of pyridine rings is 2.